The minimum atomic E-state index is -0.902. The van der Waals surface area contributed by atoms with Crippen molar-refractivity contribution in [2.24, 2.45) is 0 Å². The van der Waals surface area contributed by atoms with Crippen LogP contribution in [-0.4, -0.2) is 18.0 Å². The van der Waals surface area contributed by atoms with Crippen LogP contribution in [0.25, 0.3) is 10.8 Å². The highest BCUT2D eigenvalue weighted by Crippen LogP contribution is 2.24. The number of hydrogen-bond acceptors (Lipinski definition) is 3. The van der Waals surface area contributed by atoms with Gasteiger partial charge in [0.2, 0.25) is 0 Å². The van der Waals surface area contributed by atoms with Crippen LogP contribution < -0.4 is 5.32 Å². The van der Waals surface area contributed by atoms with E-state index in [1.807, 2.05) is 68.4 Å². The Hall–Kier alpha value is -3.14. The van der Waals surface area contributed by atoms with Gasteiger partial charge < -0.3 is 10.1 Å². The van der Waals surface area contributed by atoms with Gasteiger partial charge in [-0.3, -0.25) is 4.79 Å². The number of hydrogen-bond donors (Lipinski definition) is 1. The maximum atomic E-state index is 12.7. The highest BCUT2D eigenvalue weighted by Gasteiger charge is 2.21. The van der Waals surface area contributed by atoms with Crippen LogP contribution in [0.3, 0.4) is 0 Å². The van der Waals surface area contributed by atoms with Gasteiger partial charge in [-0.1, -0.05) is 68.4 Å². The van der Waals surface area contributed by atoms with Crippen LogP contribution in [0.5, 0.6) is 0 Å². The lowest BCUT2D eigenvalue weighted by atomic mass is 10.0. The van der Waals surface area contributed by atoms with Crippen molar-refractivity contribution in [3.05, 3.63) is 77.4 Å². The average Bonchev–Trinajstić information content (AvgIpc) is 2.73. The van der Waals surface area contributed by atoms with Crippen LogP contribution in [0, 0.1) is 0 Å². The molecule has 0 aromatic heterocycles. The Morgan fingerprint density at radius 1 is 0.893 bits per heavy atom. The summed E-state index contributed by atoms with van der Waals surface area (Å²) >= 11 is 0. The molecule has 0 aliphatic carbocycles. The summed E-state index contributed by atoms with van der Waals surface area (Å²) < 4.78 is 5.47. The van der Waals surface area contributed by atoms with Crippen molar-refractivity contribution < 1.29 is 14.3 Å². The van der Waals surface area contributed by atoms with Crippen LogP contribution in [0.1, 0.15) is 42.3 Å². The molecule has 1 atom stereocenters. The van der Waals surface area contributed by atoms with Gasteiger partial charge in [0.05, 0.1) is 5.56 Å². The lowest BCUT2D eigenvalue weighted by Crippen LogP contribution is -2.30. The van der Waals surface area contributed by atoms with E-state index in [0.717, 1.165) is 40.4 Å². The zero-order valence-corrected chi connectivity index (χ0v) is 16.5. The molecule has 0 saturated heterocycles. The predicted molar refractivity (Wildman–Crippen MR) is 113 cm³/mol. The van der Waals surface area contributed by atoms with Crippen LogP contribution in [0.4, 0.5) is 5.69 Å². The van der Waals surface area contributed by atoms with Crippen molar-refractivity contribution in [2.45, 2.75) is 39.7 Å². The topological polar surface area (TPSA) is 55.4 Å². The summed E-state index contributed by atoms with van der Waals surface area (Å²) in [5.41, 5.74) is 3.42. The first kappa shape index (κ1) is 19.6. The van der Waals surface area contributed by atoms with Crippen molar-refractivity contribution in [1.29, 1.82) is 0 Å². The number of esters is 1. The van der Waals surface area contributed by atoms with E-state index in [4.69, 9.17) is 4.74 Å². The van der Waals surface area contributed by atoms with Crippen LogP contribution in [0.15, 0.2) is 60.7 Å². The molecule has 0 saturated carbocycles. The number of benzene rings is 3. The molecule has 0 radical (unpaired) electrons. The number of carbonyl (C=O) groups is 2. The highest BCUT2D eigenvalue weighted by molar-refractivity contribution is 6.05. The first-order chi connectivity index (χ1) is 13.5. The van der Waals surface area contributed by atoms with Crippen LogP contribution in [0.2, 0.25) is 0 Å². The second kappa shape index (κ2) is 8.70. The van der Waals surface area contributed by atoms with Gasteiger partial charge in [0.25, 0.3) is 5.91 Å². The third-order valence-electron chi connectivity index (χ3n) is 4.91. The number of amides is 1. The minimum Gasteiger partial charge on any atom is -0.449 e. The summed E-state index contributed by atoms with van der Waals surface area (Å²) in [7, 11) is 0. The standard InChI is InChI=1S/C24H25NO3/c1-4-17-11-8-12-18(5-2)22(17)25-23(26)16(3)28-24(27)21-15-9-13-19-10-6-7-14-20(19)21/h6-16H,4-5H2,1-3H3,(H,25,26)/t16-/m0/s1. The zero-order chi connectivity index (χ0) is 20.1. The molecule has 0 aliphatic rings. The first-order valence-electron chi connectivity index (χ1n) is 9.65. The highest BCUT2D eigenvalue weighted by atomic mass is 16.5. The van der Waals surface area contributed by atoms with Gasteiger partial charge >= 0.3 is 5.97 Å². The number of anilines is 1. The summed E-state index contributed by atoms with van der Waals surface area (Å²) in [6.07, 6.45) is 0.724. The summed E-state index contributed by atoms with van der Waals surface area (Å²) in [5.74, 6) is -0.830. The van der Waals surface area contributed by atoms with Gasteiger partial charge in [-0.15, -0.1) is 0 Å². The lowest BCUT2D eigenvalue weighted by Gasteiger charge is -2.18. The number of carbonyl (C=O) groups excluding carboxylic acids is 2. The predicted octanol–water partition coefficient (Wildman–Crippen LogP) is 5.15. The van der Waals surface area contributed by atoms with E-state index in [2.05, 4.69) is 5.32 Å². The number of rotatable bonds is 6. The Morgan fingerprint density at radius 2 is 1.50 bits per heavy atom. The lowest BCUT2D eigenvalue weighted by molar-refractivity contribution is -0.123. The Morgan fingerprint density at radius 3 is 2.18 bits per heavy atom. The van der Waals surface area contributed by atoms with E-state index in [9.17, 15) is 9.59 Å². The number of aryl methyl sites for hydroxylation is 2. The minimum absolute atomic E-state index is 0.329. The van der Waals surface area contributed by atoms with E-state index < -0.39 is 12.1 Å². The van der Waals surface area contributed by atoms with Gasteiger partial charge in [-0.2, -0.15) is 0 Å². The Labute approximate surface area is 165 Å². The smallest absolute Gasteiger partial charge is 0.339 e. The van der Waals surface area contributed by atoms with Gasteiger partial charge in [-0.25, -0.2) is 4.79 Å². The number of para-hydroxylation sites is 1. The molecule has 4 heteroatoms. The fraction of sp³-hybridized carbons (Fsp3) is 0.250. The monoisotopic (exact) mass is 375 g/mol. The molecular formula is C24H25NO3. The second-order valence-electron chi connectivity index (χ2n) is 6.72. The van der Waals surface area contributed by atoms with E-state index in [0.29, 0.717) is 5.56 Å². The van der Waals surface area contributed by atoms with Crippen molar-refractivity contribution in [3.8, 4) is 0 Å². The van der Waals surface area contributed by atoms with Gasteiger partial charge in [-0.05, 0) is 47.7 Å². The second-order valence-corrected chi connectivity index (χ2v) is 6.72. The molecule has 1 N–H and O–H groups in total. The maximum Gasteiger partial charge on any atom is 0.339 e. The molecule has 0 heterocycles. The van der Waals surface area contributed by atoms with Crippen LogP contribution in [-0.2, 0) is 22.4 Å². The Bertz CT molecular complexity index is 982. The molecule has 144 valence electrons. The molecule has 0 fully saturated rings. The molecule has 0 bridgehead atoms. The van der Waals surface area contributed by atoms with E-state index in [1.54, 1.807) is 13.0 Å². The molecule has 0 spiro atoms. The number of nitrogens with one attached hydrogen (secondary N) is 1. The summed E-state index contributed by atoms with van der Waals surface area (Å²) in [6, 6.07) is 19.1. The maximum absolute atomic E-state index is 12.7. The molecular weight excluding hydrogens is 350 g/mol. The van der Waals surface area contributed by atoms with Gasteiger partial charge in [0.1, 0.15) is 0 Å². The molecule has 4 nitrogen and oxygen atoms in total. The molecule has 3 aromatic rings. The number of fused-ring (bicyclic) bond motifs is 1. The molecule has 3 rings (SSSR count). The summed E-state index contributed by atoms with van der Waals surface area (Å²) in [4.78, 5) is 25.4. The van der Waals surface area contributed by atoms with Crippen molar-refractivity contribution in [3.63, 3.8) is 0 Å². The fourth-order valence-corrected chi connectivity index (χ4v) is 3.31. The summed E-state index contributed by atoms with van der Waals surface area (Å²) in [6.45, 7) is 5.70. The molecule has 28 heavy (non-hydrogen) atoms. The van der Waals surface area contributed by atoms with Gasteiger partial charge in [0.15, 0.2) is 6.10 Å². The molecule has 0 unspecified atom stereocenters. The fourth-order valence-electron chi connectivity index (χ4n) is 3.31. The molecule has 1 amide bonds. The SMILES string of the molecule is CCc1cccc(CC)c1NC(=O)[C@H](C)OC(=O)c1cccc2ccccc12. The van der Waals surface area contributed by atoms with Gasteiger partial charge in [0, 0.05) is 5.69 Å². The van der Waals surface area contributed by atoms with E-state index >= 15 is 0 Å². The van der Waals surface area contributed by atoms with Crippen molar-refractivity contribution >= 4 is 28.3 Å². The normalized spacial score (nSPS) is 11.8. The quantitative estimate of drug-likeness (QED) is 0.606. The first-order valence-corrected chi connectivity index (χ1v) is 9.65. The third-order valence-corrected chi connectivity index (χ3v) is 4.91. The largest absolute Gasteiger partial charge is 0.449 e. The third kappa shape index (κ3) is 4.06. The van der Waals surface area contributed by atoms with Crippen LogP contribution >= 0.6 is 0 Å². The zero-order valence-electron chi connectivity index (χ0n) is 16.5. The Kier molecular flexibility index (Phi) is 6.09. The number of ether oxygens (including phenoxy) is 1. The Balaban J connectivity index is 1.77. The van der Waals surface area contributed by atoms with Crippen molar-refractivity contribution in [1.82, 2.24) is 0 Å². The molecule has 0 aliphatic heterocycles. The van der Waals surface area contributed by atoms with E-state index in [-0.39, 0.29) is 5.91 Å². The average molecular weight is 375 g/mol. The summed E-state index contributed by atoms with van der Waals surface area (Å²) in [5, 5.41) is 4.73. The molecule has 3 aromatic carbocycles. The van der Waals surface area contributed by atoms with E-state index in [1.165, 1.54) is 0 Å². The van der Waals surface area contributed by atoms with Crippen molar-refractivity contribution in [2.75, 3.05) is 5.32 Å².